The van der Waals surface area contributed by atoms with Crippen LogP contribution in [0, 0.1) is 6.92 Å². The van der Waals surface area contributed by atoms with E-state index in [-0.39, 0.29) is 23.0 Å². The number of amides is 1. The minimum Gasteiger partial charge on any atom is -0.379 e. The Morgan fingerprint density at radius 2 is 1.72 bits per heavy atom. The molecule has 148 valence electrons. The van der Waals surface area contributed by atoms with Gasteiger partial charge in [-0.1, -0.05) is 60.2 Å². The quantitative estimate of drug-likeness (QED) is 0.369. The van der Waals surface area contributed by atoms with Crippen LogP contribution in [-0.2, 0) is 21.3 Å². The lowest BCUT2D eigenvalue weighted by molar-refractivity contribution is -0.120. The van der Waals surface area contributed by atoms with Crippen molar-refractivity contribution in [3.63, 3.8) is 0 Å². The van der Waals surface area contributed by atoms with Crippen molar-refractivity contribution in [2.75, 3.05) is 0 Å². The maximum Gasteiger partial charge on any atom is 0.339 e. The number of nitrogens with zero attached hydrogens (tertiary/aromatic N) is 1. The lowest BCUT2D eigenvalue weighted by Gasteiger charge is -2.07. The highest BCUT2D eigenvalue weighted by molar-refractivity contribution is 7.87. The van der Waals surface area contributed by atoms with Crippen LogP contribution >= 0.6 is 0 Å². The van der Waals surface area contributed by atoms with Gasteiger partial charge in [0.1, 0.15) is 10.6 Å². The summed E-state index contributed by atoms with van der Waals surface area (Å²) in [4.78, 5) is 12.0. The van der Waals surface area contributed by atoms with Gasteiger partial charge in [-0.2, -0.15) is 13.5 Å². The van der Waals surface area contributed by atoms with Gasteiger partial charge in [0.15, 0.2) is 0 Å². The zero-order valence-electron chi connectivity index (χ0n) is 15.8. The molecule has 1 N–H and O–H groups in total. The van der Waals surface area contributed by atoms with Crippen LogP contribution in [0.25, 0.3) is 0 Å². The van der Waals surface area contributed by atoms with E-state index in [9.17, 15) is 13.2 Å². The van der Waals surface area contributed by atoms with Crippen molar-refractivity contribution in [2.45, 2.75) is 18.2 Å². The van der Waals surface area contributed by atoms with Crippen LogP contribution in [0.2, 0.25) is 0 Å². The first-order chi connectivity index (χ1) is 13.9. The summed E-state index contributed by atoms with van der Waals surface area (Å²) in [5, 5.41) is 3.92. The molecular weight excluding hydrogens is 388 g/mol. The van der Waals surface area contributed by atoms with E-state index >= 15 is 0 Å². The summed E-state index contributed by atoms with van der Waals surface area (Å²) in [5.74, 6) is -0.0899. The van der Waals surface area contributed by atoms with E-state index in [0.717, 1.165) is 11.1 Å². The van der Waals surface area contributed by atoms with Gasteiger partial charge in [0.05, 0.1) is 12.6 Å². The molecule has 29 heavy (non-hydrogen) atoms. The number of hydrogen-bond acceptors (Lipinski definition) is 5. The van der Waals surface area contributed by atoms with Crippen LogP contribution in [-0.4, -0.2) is 20.5 Å². The van der Waals surface area contributed by atoms with Gasteiger partial charge >= 0.3 is 10.1 Å². The average Bonchev–Trinajstić information content (AvgIpc) is 2.70. The minimum absolute atomic E-state index is 0.0717. The lowest BCUT2D eigenvalue weighted by atomic mass is 10.1. The molecule has 0 saturated carbocycles. The average molecular weight is 408 g/mol. The Kier molecular flexibility index (Phi) is 6.41. The Labute approximate surface area is 170 Å². The molecule has 0 saturated heterocycles. The Balaban J connectivity index is 1.60. The topological polar surface area (TPSA) is 84.8 Å². The molecule has 0 unspecified atom stereocenters. The molecule has 1 amide bonds. The number of carbonyl (C=O) groups excluding carboxylic acids is 1. The first kappa shape index (κ1) is 20.3. The van der Waals surface area contributed by atoms with Gasteiger partial charge in [0.2, 0.25) is 5.91 Å². The van der Waals surface area contributed by atoms with Crippen LogP contribution < -0.4 is 9.61 Å². The number of hydrogen-bond donors (Lipinski definition) is 1. The molecule has 3 aromatic carbocycles. The predicted octanol–water partition coefficient (Wildman–Crippen LogP) is 3.46. The van der Waals surface area contributed by atoms with Gasteiger partial charge in [-0.3, -0.25) is 4.79 Å². The number of rotatable bonds is 7. The van der Waals surface area contributed by atoms with E-state index in [1.807, 2.05) is 31.2 Å². The van der Waals surface area contributed by atoms with Crippen LogP contribution in [0.3, 0.4) is 0 Å². The van der Waals surface area contributed by atoms with E-state index < -0.39 is 10.1 Å². The number of nitrogens with one attached hydrogen (secondary N) is 1. The Morgan fingerprint density at radius 1 is 1.00 bits per heavy atom. The van der Waals surface area contributed by atoms with Gasteiger partial charge in [0, 0.05) is 0 Å². The highest BCUT2D eigenvalue weighted by Gasteiger charge is 2.15. The van der Waals surface area contributed by atoms with Crippen molar-refractivity contribution < 1.29 is 17.4 Å². The van der Waals surface area contributed by atoms with Crippen molar-refractivity contribution in [3.05, 3.63) is 95.6 Å². The maximum atomic E-state index is 12.3. The van der Waals surface area contributed by atoms with Crippen molar-refractivity contribution in [1.82, 2.24) is 5.43 Å². The zero-order chi connectivity index (χ0) is 20.7. The lowest BCUT2D eigenvalue weighted by Crippen LogP contribution is -2.19. The molecule has 0 aromatic heterocycles. The standard InChI is InChI=1S/C22H20N2O4S/c1-17-10-12-18(13-11-17)15-22(25)24-23-16-19-6-5-7-20(14-19)28-29(26,27)21-8-3-2-4-9-21/h2-14,16H,15H2,1H3,(H,24,25)/b23-16-. The summed E-state index contributed by atoms with van der Waals surface area (Å²) in [5.41, 5.74) is 5.07. The first-order valence-corrected chi connectivity index (χ1v) is 10.3. The number of hydrazone groups is 1. The molecule has 0 radical (unpaired) electrons. The molecule has 0 atom stereocenters. The maximum absolute atomic E-state index is 12.3. The van der Waals surface area contributed by atoms with E-state index in [4.69, 9.17) is 4.18 Å². The van der Waals surface area contributed by atoms with E-state index in [0.29, 0.717) is 5.56 Å². The molecule has 0 fully saturated rings. The monoisotopic (exact) mass is 408 g/mol. The fourth-order valence-corrected chi connectivity index (χ4v) is 3.46. The Morgan fingerprint density at radius 3 is 2.45 bits per heavy atom. The third kappa shape index (κ3) is 6.02. The largest absolute Gasteiger partial charge is 0.379 e. The van der Waals surface area contributed by atoms with Gasteiger partial charge in [0.25, 0.3) is 0 Å². The summed E-state index contributed by atoms with van der Waals surface area (Å²) in [6, 6.07) is 22.0. The van der Waals surface area contributed by atoms with E-state index in [2.05, 4.69) is 10.5 Å². The number of aryl methyl sites for hydroxylation is 1. The molecule has 0 aliphatic carbocycles. The molecule has 0 aliphatic rings. The fraction of sp³-hybridized carbons (Fsp3) is 0.0909. The Hall–Kier alpha value is -3.45. The summed E-state index contributed by atoms with van der Waals surface area (Å²) in [6.07, 6.45) is 1.64. The minimum atomic E-state index is -3.92. The predicted molar refractivity (Wildman–Crippen MR) is 111 cm³/mol. The van der Waals surface area contributed by atoms with Gasteiger partial charge < -0.3 is 4.18 Å². The second kappa shape index (κ2) is 9.16. The zero-order valence-corrected chi connectivity index (χ0v) is 16.6. The van der Waals surface area contributed by atoms with Gasteiger partial charge in [-0.15, -0.1) is 0 Å². The molecule has 0 bridgehead atoms. The highest BCUT2D eigenvalue weighted by atomic mass is 32.2. The second-order valence-corrected chi connectivity index (χ2v) is 7.92. The van der Waals surface area contributed by atoms with Crippen molar-refractivity contribution in [3.8, 4) is 5.75 Å². The summed E-state index contributed by atoms with van der Waals surface area (Å²) < 4.78 is 29.8. The SMILES string of the molecule is Cc1ccc(CC(=O)N/N=C\c2cccc(OS(=O)(=O)c3ccccc3)c2)cc1. The molecule has 7 heteroatoms. The van der Waals surface area contributed by atoms with Crippen molar-refractivity contribution in [1.29, 1.82) is 0 Å². The Bertz CT molecular complexity index is 1110. The molecule has 0 spiro atoms. The van der Waals surface area contributed by atoms with Gasteiger partial charge in [-0.05, 0) is 42.3 Å². The van der Waals surface area contributed by atoms with E-state index in [1.165, 1.54) is 30.5 Å². The molecule has 0 heterocycles. The smallest absolute Gasteiger partial charge is 0.339 e. The first-order valence-electron chi connectivity index (χ1n) is 8.89. The third-order valence-corrected chi connectivity index (χ3v) is 5.25. The molecule has 3 rings (SSSR count). The molecular formula is C22H20N2O4S. The molecule has 3 aromatic rings. The molecule has 6 nitrogen and oxygen atoms in total. The fourth-order valence-electron chi connectivity index (χ4n) is 2.52. The van der Waals surface area contributed by atoms with Crippen molar-refractivity contribution in [2.24, 2.45) is 5.10 Å². The number of carbonyl (C=O) groups is 1. The highest BCUT2D eigenvalue weighted by Crippen LogP contribution is 2.19. The number of benzene rings is 3. The van der Waals surface area contributed by atoms with Gasteiger partial charge in [-0.25, -0.2) is 5.43 Å². The van der Waals surface area contributed by atoms with Crippen LogP contribution in [0.5, 0.6) is 5.75 Å². The van der Waals surface area contributed by atoms with Crippen LogP contribution in [0.1, 0.15) is 16.7 Å². The summed E-state index contributed by atoms with van der Waals surface area (Å²) in [7, 11) is -3.92. The van der Waals surface area contributed by atoms with Crippen LogP contribution in [0.15, 0.2) is 88.9 Å². The van der Waals surface area contributed by atoms with E-state index in [1.54, 1.807) is 30.3 Å². The normalized spacial score (nSPS) is 11.3. The van der Waals surface area contributed by atoms with Crippen LogP contribution in [0.4, 0.5) is 0 Å². The van der Waals surface area contributed by atoms with Crippen molar-refractivity contribution >= 4 is 22.2 Å². The summed E-state index contributed by atoms with van der Waals surface area (Å²) in [6.45, 7) is 1.98. The summed E-state index contributed by atoms with van der Waals surface area (Å²) >= 11 is 0. The second-order valence-electron chi connectivity index (χ2n) is 6.38. The molecule has 0 aliphatic heterocycles. The third-order valence-electron chi connectivity index (χ3n) is 3.98.